The molecule has 0 fully saturated rings. The molecule has 6 nitrogen and oxygen atoms in total. The molecule has 0 unspecified atom stereocenters. The number of anilines is 1. The fourth-order valence-corrected chi connectivity index (χ4v) is 0.586. The number of aromatic nitrogens is 3. The van der Waals surface area contributed by atoms with Gasteiger partial charge in [-0.25, -0.2) is 9.89 Å². The molecule has 11 heavy (non-hydrogen) atoms. The molecule has 0 saturated carbocycles. The van der Waals surface area contributed by atoms with Gasteiger partial charge in [0, 0.05) is 0 Å². The second-order valence-electron chi connectivity index (χ2n) is 1.79. The van der Waals surface area contributed by atoms with Crippen molar-refractivity contribution in [3.8, 4) is 0 Å². The molecule has 0 aliphatic carbocycles. The van der Waals surface area contributed by atoms with Gasteiger partial charge in [0.2, 0.25) is 5.69 Å². The van der Waals surface area contributed by atoms with Gasteiger partial charge in [-0.3, -0.25) is 0 Å². The number of aromatic amines is 1. The van der Waals surface area contributed by atoms with Gasteiger partial charge >= 0.3 is 5.97 Å². The van der Waals surface area contributed by atoms with Crippen molar-refractivity contribution in [2.24, 2.45) is 0 Å². The number of nitrogens with one attached hydrogen (secondary N) is 1. The minimum absolute atomic E-state index is 0.0341. The maximum atomic E-state index is 10.9. The van der Waals surface area contributed by atoms with Crippen LogP contribution < -0.4 is 5.73 Å². The van der Waals surface area contributed by atoms with Gasteiger partial charge in [-0.05, 0) is 6.92 Å². The van der Waals surface area contributed by atoms with E-state index in [-0.39, 0.29) is 11.5 Å². The molecule has 0 radical (unpaired) electrons. The van der Waals surface area contributed by atoms with Crippen LogP contribution >= 0.6 is 0 Å². The van der Waals surface area contributed by atoms with E-state index in [1.54, 1.807) is 6.92 Å². The van der Waals surface area contributed by atoms with Crippen LogP contribution in [-0.4, -0.2) is 28.0 Å². The Morgan fingerprint density at radius 1 is 1.82 bits per heavy atom. The first-order valence-corrected chi connectivity index (χ1v) is 3.09. The van der Waals surface area contributed by atoms with Crippen LogP contribution in [0.1, 0.15) is 17.4 Å². The Labute approximate surface area is 62.7 Å². The fourth-order valence-electron chi connectivity index (χ4n) is 0.586. The van der Waals surface area contributed by atoms with Gasteiger partial charge in [-0.2, -0.15) is 0 Å². The van der Waals surface area contributed by atoms with Gasteiger partial charge in [0.25, 0.3) is 0 Å². The Kier molecular flexibility index (Phi) is 2.05. The van der Waals surface area contributed by atoms with Crippen molar-refractivity contribution in [3.63, 3.8) is 0 Å². The number of H-pyrrole nitrogens is 1. The molecule has 60 valence electrons. The Morgan fingerprint density at radius 3 is 3.00 bits per heavy atom. The predicted molar refractivity (Wildman–Crippen MR) is 36.8 cm³/mol. The smallest absolute Gasteiger partial charge is 0.362 e. The van der Waals surface area contributed by atoms with Crippen LogP contribution in [-0.2, 0) is 4.74 Å². The van der Waals surface area contributed by atoms with E-state index in [1.807, 2.05) is 0 Å². The van der Waals surface area contributed by atoms with Crippen molar-refractivity contribution >= 4 is 11.8 Å². The van der Waals surface area contributed by atoms with E-state index in [9.17, 15) is 4.79 Å². The molecule has 0 aromatic carbocycles. The summed E-state index contributed by atoms with van der Waals surface area (Å²) in [5, 5.41) is 9.08. The van der Waals surface area contributed by atoms with Gasteiger partial charge in [0.15, 0.2) is 5.82 Å². The standard InChI is InChI=1S/C5H8N4O2/c1-2-11-5(10)3-4(6)8-9-7-3/h2H2,1H3,(H3,6,7,8,9). The Hall–Kier alpha value is -1.59. The quantitative estimate of drug-likeness (QED) is 0.566. The summed E-state index contributed by atoms with van der Waals surface area (Å²) in [4.78, 5) is 10.9. The largest absolute Gasteiger partial charge is 0.461 e. The molecule has 1 rings (SSSR count). The highest BCUT2D eigenvalue weighted by Crippen LogP contribution is 2.03. The first kappa shape index (κ1) is 7.52. The normalized spacial score (nSPS) is 9.55. The number of carbonyl (C=O) groups excluding carboxylic acids is 1. The molecule has 0 amide bonds. The average Bonchev–Trinajstić information content (AvgIpc) is 2.36. The molecular weight excluding hydrogens is 148 g/mol. The van der Waals surface area contributed by atoms with E-state index < -0.39 is 5.97 Å². The third kappa shape index (κ3) is 1.46. The highest BCUT2D eigenvalue weighted by atomic mass is 16.5. The van der Waals surface area contributed by atoms with Crippen LogP contribution in [0.25, 0.3) is 0 Å². The summed E-state index contributed by atoms with van der Waals surface area (Å²) in [6, 6.07) is 0. The zero-order valence-corrected chi connectivity index (χ0v) is 6.00. The lowest BCUT2D eigenvalue weighted by atomic mass is 10.4. The summed E-state index contributed by atoms with van der Waals surface area (Å²) >= 11 is 0. The molecule has 0 aliphatic rings. The summed E-state index contributed by atoms with van der Waals surface area (Å²) < 4.78 is 4.63. The summed E-state index contributed by atoms with van der Waals surface area (Å²) in [5.41, 5.74) is 5.32. The average molecular weight is 156 g/mol. The molecule has 1 aromatic heterocycles. The molecule has 0 bridgehead atoms. The van der Waals surface area contributed by atoms with Crippen LogP contribution in [0.4, 0.5) is 5.82 Å². The Balaban J connectivity index is 2.76. The first-order valence-electron chi connectivity index (χ1n) is 3.09. The first-order chi connectivity index (χ1) is 5.25. The van der Waals surface area contributed by atoms with Crippen LogP contribution in [0.2, 0.25) is 0 Å². The van der Waals surface area contributed by atoms with Crippen molar-refractivity contribution < 1.29 is 9.53 Å². The van der Waals surface area contributed by atoms with Gasteiger partial charge in [0.1, 0.15) is 0 Å². The molecule has 0 atom stereocenters. The third-order valence-corrected chi connectivity index (χ3v) is 1.04. The van der Waals surface area contributed by atoms with E-state index >= 15 is 0 Å². The highest BCUT2D eigenvalue weighted by Gasteiger charge is 2.13. The highest BCUT2D eigenvalue weighted by molar-refractivity contribution is 5.91. The Morgan fingerprint density at radius 2 is 2.55 bits per heavy atom. The van der Waals surface area contributed by atoms with Gasteiger partial charge in [-0.1, -0.05) is 5.21 Å². The van der Waals surface area contributed by atoms with E-state index in [1.165, 1.54) is 0 Å². The second-order valence-corrected chi connectivity index (χ2v) is 1.79. The molecular formula is C5H8N4O2. The van der Waals surface area contributed by atoms with Crippen molar-refractivity contribution in [2.45, 2.75) is 6.92 Å². The molecule has 3 N–H and O–H groups in total. The van der Waals surface area contributed by atoms with E-state index in [2.05, 4.69) is 20.1 Å². The lowest BCUT2D eigenvalue weighted by Crippen LogP contribution is -2.07. The van der Waals surface area contributed by atoms with Crippen molar-refractivity contribution in [1.29, 1.82) is 0 Å². The number of rotatable bonds is 2. The SMILES string of the molecule is CCOC(=O)c1nn[nH]c1N. The second kappa shape index (κ2) is 3.00. The Bertz CT molecular complexity index is 257. The maximum absolute atomic E-state index is 10.9. The molecule has 0 saturated heterocycles. The van der Waals surface area contributed by atoms with Crippen LogP contribution in [0.3, 0.4) is 0 Å². The van der Waals surface area contributed by atoms with Crippen molar-refractivity contribution in [3.05, 3.63) is 5.69 Å². The van der Waals surface area contributed by atoms with Crippen LogP contribution in [0.5, 0.6) is 0 Å². The monoisotopic (exact) mass is 156 g/mol. The summed E-state index contributed by atoms with van der Waals surface area (Å²) in [7, 11) is 0. The molecule has 0 spiro atoms. The van der Waals surface area contributed by atoms with Gasteiger partial charge in [0.05, 0.1) is 6.61 Å². The zero-order valence-electron chi connectivity index (χ0n) is 6.00. The zero-order chi connectivity index (χ0) is 8.27. The number of esters is 1. The summed E-state index contributed by atoms with van der Waals surface area (Å²) in [6.07, 6.45) is 0. The van der Waals surface area contributed by atoms with E-state index in [0.717, 1.165) is 0 Å². The number of carbonyl (C=O) groups is 1. The fraction of sp³-hybridized carbons (Fsp3) is 0.400. The van der Waals surface area contributed by atoms with E-state index in [0.29, 0.717) is 6.61 Å². The van der Waals surface area contributed by atoms with Crippen LogP contribution in [0, 0.1) is 0 Å². The minimum Gasteiger partial charge on any atom is -0.461 e. The van der Waals surface area contributed by atoms with Gasteiger partial charge in [-0.15, -0.1) is 5.10 Å². The topological polar surface area (TPSA) is 93.9 Å². The van der Waals surface area contributed by atoms with Crippen LogP contribution in [0.15, 0.2) is 0 Å². The van der Waals surface area contributed by atoms with E-state index in [4.69, 9.17) is 5.73 Å². The number of hydrogen-bond acceptors (Lipinski definition) is 5. The minimum atomic E-state index is -0.557. The lowest BCUT2D eigenvalue weighted by molar-refractivity contribution is 0.0520. The molecule has 0 aliphatic heterocycles. The number of nitrogen functional groups attached to an aromatic ring is 1. The van der Waals surface area contributed by atoms with Crippen molar-refractivity contribution in [1.82, 2.24) is 15.4 Å². The molecule has 6 heteroatoms. The number of nitrogens with zero attached hydrogens (tertiary/aromatic N) is 2. The number of ether oxygens (including phenoxy) is 1. The number of nitrogens with two attached hydrogens (primary N) is 1. The summed E-state index contributed by atoms with van der Waals surface area (Å²) in [6.45, 7) is 2.00. The summed E-state index contributed by atoms with van der Waals surface area (Å²) in [5.74, 6) is -0.429. The van der Waals surface area contributed by atoms with Crippen molar-refractivity contribution in [2.75, 3.05) is 12.3 Å². The molecule has 1 heterocycles. The predicted octanol–water partition coefficient (Wildman–Crippen LogP) is -0.436. The number of hydrogen-bond donors (Lipinski definition) is 2. The maximum Gasteiger partial charge on any atom is 0.362 e. The molecule has 1 aromatic rings. The van der Waals surface area contributed by atoms with Gasteiger partial charge < -0.3 is 10.5 Å². The lowest BCUT2D eigenvalue weighted by Gasteiger charge is -1.96. The third-order valence-electron chi connectivity index (χ3n) is 1.04.